The van der Waals surface area contributed by atoms with E-state index in [4.69, 9.17) is 5.11 Å². The minimum atomic E-state index is -0.942. The Balaban J connectivity index is 2.00. The van der Waals surface area contributed by atoms with Gasteiger partial charge in [0.25, 0.3) is 0 Å². The van der Waals surface area contributed by atoms with E-state index in [1.807, 2.05) is 30.5 Å². The number of carboxylic acid groups (broad SMARTS) is 1. The fourth-order valence-electron chi connectivity index (χ4n) is 2.57. The van der Waals surface area contributed by atoms with Gasteiger partial charge in [0.15, 0.2) is 0 Å². The monoisotopic (exact) mass is 336 g/mol. The zero-order chi connectivity index (χ0) is 17.0. The third-order valence-electron chi connectivity index (χ3n) is 3.90. The van der Waals surface area contributed by atoms with Crippen LogP contribution < -0.4 is 4.90 Å². The third kappa shape index (κ3) is 4.25. The predicted molar refractivity (Wildman–Crippen MR) is 88.6 cm³/mol. The Morgan fingerprint density at radius 1 is 1.35 bits per heavy atom. The highest BCUT2D eigenvalue weighted by atomic mass is 32.2. The van der Waals surface area contributed by atoms with Gasteiger partial charge in [0.05, 0.1) is 12.3 Å². The molecule has 7 heteroatoms. The molecule has 0 radical (unpaired) electrons. The summed E-state index contributed by atoms with van der Waals surface area (Å²) in [6.07, 6.45) is 2.06. The number of rotatable bonds is 6. The number of benzene rings is 1. The average molecular weight is 336 g/mol. The molecular formula is C16H20N2O4S. The molecule has 1 unspecified atom stereocenters. The van der Waals surface area contributed by atoms with Crippen LogP contribution in [0.5, 0.6) is 0 Å². The van der Waals surface area contributed by atoms with Crippen molar-refractivity contribution in [2.45, 2.75) is 17.7 Å². The van der Waals surface area contributed by atoms with Gasteiger partial charge in [-0.2, -0.15) is 0 Å². The molecule has 1 aromatic carbocycles. The fraction of sp³-hybridized carbons (Fsp3) is 0.438. The molecule has 2 amide bonds. The highest BCUT2D eigenvalue weighted by molar-refractivity contribution is 7.98. The highest BCUT2D eigenvalue weighted by Crippen LogP contribution is 2.27. The van der Waals surface area contributed by atoms with Gasteiger partial charge in [-0.25, -0.2) is 0 Å². The summed E-state index contributed by atoms with van der Waals surface area (Å²) in [4.78, 5) is 39.2. The standard InChI is InChI=1S/C16H20N2O4S/c1-17(8-7-15(20)21)16(22)11-9-14(19)18(10-11)12-3-5-13(23-2)6-4-12/h3-6,11H,7-10H2,1-2H3,(H,20,21). The second kappa shape index (κ2) is 7.50. The largest absolute Gasteiger partial charge is 0.481 e. The summed E-state index contributed by atoms with van der Waals surface area (Å²) in [6.45, 7) is 0.495. The summed E-state index contributed by atoms with van der Waals surface area (Å²) in [5.74, 6) is -1.61. The van der Waals surface area contributed by atoms with Crippen molar-refractivity contribution in [3.05, 3.63) is 24.3 Å². The zero-order valence-electron chi connectivity index (χ0n) is 13.2. The van der Waals surface area contributed by atoms with Gasteiger partial charge in [0.2, 0.25) is 11.8 Å². The van der Waals surface area contributed by atoms with Crippen molar-refractivity contribution in [2.24, 2.45) is 5.92 Å². The Bertz CT molecular complexity index is 603. The number of thioether (sulfide) groups is 1. The number of hydrogen-bond donors (Lipinski definition) is 1. The number of aliphatic carboxylic acids is 1. The van der Waals surface area contributed by atoms with Crippen LogP contribution in [0.4, 0.5) is 5.69 Å². The minimum Gasteiger partial charge on any atom is -0.481 e. The number of nitrogens with zero attached hydrogens (tertiary/aromatic N) is 2. The lowest BCUT2D eigenvalue weighted by atomic mass is 10.1. The quantitative estimate of drug-likeness (QED) is 0.800. The molecule has 1 aromatic rings. The maximum absolute atomic E-state index is 12.3. The molecule has 1 heterocycles. The Hall–Kier alpha value is -2.02. The van der Waals surface area contributed by atoms with Crippen LogP contribution in [0.25, 0.3) is 0 Å². The first-order chi connectivity index (χ1) is 10.9. The number of hydrogen-bond acceptors (Lipinski definition) is 4. The lowest BCUT2D eigenvalue weighted by Gasteiger charge is -2.21. The van der Waals surface area contributed by atoms with E-state index in [9.17, 15) is 14.4 Å². The van der Waals surface area contributed by atoms with Gasteiger partial charge in [0.1, 0.15) is 0 Å². The molecule has 0 bridgehead atoms. The Morgan fingerprint density at radius 3 is 2.57 bits per heavy atom. The lowest BCUT2D eigenvalue weighted by molar-refractivity contribution is -0.139. The molecule has 6 nitrogen and oxygen atoms in total. The molecule has 23 heavy (non-hydrogen) atoms. The van der Waals surface area contributed by atoms with Crippen LogP contribution >= 0.6 is 11.8 Å². The van der Waals surface area contributed by atoms with E-state index in [-0.39, 0.29) is 31.2 Å². The van der Waals surface area contributed by atoms with E-state index in [0.29, 0.717) is 6.54 Å². The summed E-state index contributed by atoms with van der Waals surface area (Å²) in [6, 6.07) is 7.65. The molecule has 0 aliphatic carbocycles. The van der Waals surface area contributed by atoms with E-state index in [1.54, 1.807) is 23.7 Å². The molecule has 1 aliphatic rings. The topological polar surface area (TPSA) is 77.9 Å². The van der Waals surface area contributed by atoms with Crippen molar-refractivity contribution in [1.82, 2.24) is 4.90 Å². The van der Waals surface area contributed by atoms with Crippen LogP contribution in [-0.2, 0) is 14.4 Å². The summed E-state index contributed by atoms with van der Waals surface area (Å²) in [5.41, 5.74) is 0.788. The van der Waals surface area contributed by atoms with Crippen LogP contribution in [0, 0.1) is 5.92 Å². The molecule has 2 rings (SSSR count). The first-order valence-corrected chi connectivity index (χ1v) is 8.56. The van der Waals surface area contributed by atoms with Gasteiger partial charge >= 0.3 is 5.97 Å². The molecule has 0 spiro atoms. The second-order valence-corrected chi connectivity index (χ2v) is 6.39. The van der Waals surface area contributed by atoms with Crippen molar-refractivity contribution in [3.8, 4) is 0 Å². The normalized spacial score (nSPS) is 17.4. The fourth-order valence-corrected chi connectivity index (χ4v) is 2.98. The van der Waals surface area contributed by atoms with Gasteiger partial charge in [-0.3, -0.25) is 14.4 Å². The smallest absolute Gasteiger partial charge is 0.305 e. The molecular weight excluding hydrogens is 316 g/mol. The van der Waals surface area contributed by atoms with E-state index in [1.165, 1.54) is 4.90 Å². The van der Waals surface area contributed by atoms with Gasteiger partial charge in [0, 0.05) is 37.1 Å². The molecule has 1 atom stereocenters. The Labute approximate surface area is 139 Å². The first kappa shape index (κ1) is 17.3. The molecule has 0 saturated carbocycles. The predicted octanol–water partition coefficient (Wildman–Crippen LogP) is 1.69. The molecule has 124 valence electrons. The van der Waals surface area contributed by atoms with E-state index < -0.39 is 11.9 Å². The van der Waals surface area contributed by atoms with Gasteiger partial charge in [-0.1, -0.05) is 0 Å². The minimum absolute atomic E-state index is 0.0770. The van der Waals surface area contributed by atoms with Crippen LogP contribution in [0.2, 0.25) is 0 Å². The molecule has 1 saturated heterocycles. The van der Waals surface area contributed by atoms with E-state index in [2.05, 4.69) is 0 Å². The third-order valence-corrected chi connectivity index (χ3v) is 4.64. The zero-order valence-corrected chi connectivity index (χ0v) is 14.0. The lowest BCUT2D eigenvalue weighted by Crippen LogP contribution is -2.36. The molecule has 1 aliphatic heterocycles. The van der Waals surface area contributed by atoms with Crippen LogP contribution in [0.15, 0.2) is 29.2 Å². The van der Waals surface area contributed by atoms with Gasteiger partial charge in [-0.05, 0) is 30.5 Å². The van der Waals surface area contributed by atoms with Crippen molar-refractivity contribution in [1.29, 1.82) is 0 Å². The van der Waals surface area contributed by atoms with Crippen molar-refractivity contribution in [2.75, 3.05) is 31.3 Å². The van der Waals surface area contributed by atoms with Crippen molar-refractivity contribution < 1.29 is 19.5 Å². The van der Waals surface area contributed by atoms with Crippen LogP contribution in [0.3, 0.4) is 0 Å². The number of carboxylic acids is 1. The van der Waals surface area contributed by atoms with Crippen molar-refractivity contribution in [3.63, 3.8) is 0 Å². The maximum Gasteiger partial charge on any atom is 0.305 e. The first-order valence-electron chi connectivity index (χ1n) is 7.33. The number of amides is 2. The summed E-state index contributed by atoms with van der Waals surface area (Å²) < 4.78 is 0. The van der Waals surface area contributed by atoms with E-state index >= 15 is 0 Å². The van der Waals surface area contributed by atoms with Gasteiger partial charge in [-0.15, -0.1) is 11.8 Å². The molecule has 1 N–H and O–H groups in total. The number of carbonyl (C=O) groups excluding carboxylic acids is 2. The van der Waals surface area contributed by atoms with E-state index in [0.717, 1.165) is 10.6 Å². The summed E-state index contributed by atoms with van der Waals surface area (Å²) in [7, 11) is 1.58. The van der Waals surface area contributed by atoms with Crippen LogP contribution in [0.1, 0.15) is 12.8 Å². The van der Waals surface area contributed by atoms with Crippen molar-refractivity contribution >= 4 is 35.2 Å². The maximum atomic E-state index is 12.3. The van der Waals surface area contributed by atoms with Crippen LogP contribution in [-0.4, -0.2) is 54.2 Å². The number of anilines is 1. The second-order valence-electron chi connectivity index (χ2n) is 5.51. The SMILES string of the molecule is CSc1ccc(N2CC(C(=O)N(C)CCC(=O)O)CC2=O)cc1. The number of carbonyl (C=O) groups is 3. The highest BCUT2D eigenvalue weighted by Gasteiger charge is 2.36. The molecule has 0 aromatic heterocycles. The Morgan fingerprint density at radius 2 is 2.00 bits per heavy atom. The summed E-state index contributed by atoms with van der Waals surface area (Å²) >= 11 is 1.63. The van der Waals surface area contributed by atoms with Gasteiger partial charge < -0.3 is 14.9 Å². The summed E-state index contributed by atoms with van der Waals surface area (Å²) in [5, 5.41) is 8.68. The average Bonchev–Trinajstić information content (AvgIpc) is 2.93. The molecule has 1 fully saturated rings. The Kier molecular flexibility index (Phi) is 5.65.